The molecule has 1 aromatic rings. The second-order valence-electron chi connectivity index (χ2n) is 4.13. The van der Waals surface area contributed by atoms with Crippen LogP contribution in [-0.4, -0.2) is 35.7 Å². The standard InChI is InChI=1S/C11H19N3OS.ClH/c1-2-14(7-9-4-3-5-15-9)8-10-6-13-11(12)16-10;/h6,9H,2-5,7-8H2,1H3,(H2,12,13);1H. The molecule has 4 nitrogen and oxygen atoms in total. The van der Waals surface area contributed by atoms with Gasteiger partial charge < -0.3 is 10.5 Å². The molecule has 0 amide bonds. The molecule has 1 fully saturated rings. The number of nitrogens with zero attached hydrogens (tertiary/aromatic N) is 2. The molecule has 1 aliphatic rings. The van der Waals surface area contributed by atoms with Crippen molar-refractivity contribution in [1.29, 1.82) is 0 Å². The van der Waals surface area contributed by atoms with E-state index in [9.17, 15) is 0 Å². The minimum absolute atomic E-state index is 0. The van der Waals surface area contributed by atoms with E-state index in [1.165, 1.54) is 17.7 Å². The van der Waals surface area contributed by atoms with E-state index in [0.29, 0.717) is 11.2 Å². The van der Waals surface area contributed by atoms with Crippen LogP contribution in [-0.2, 0) is 11.3 Å². The number of likely N-dealkylation sites (N-methyl/N-ethyl adjacent to an activating group) is 1. The van der Waals surface area contributed by atoms with Gasteiger partial charge in [0.2, 0.25) is 0 Å². The fraction of sp³-hybridized carbons (Fsp3) is 0.727. The van der Waals surface area contributed by atoms with Gasteiger partial charge in [-0.15, -0.1) is 23.7 Å². The summed E-state index contributed by atoms with van der Waals surface area (Å²) in [6.45, 7) is 6.10. The highest BCUT2D eigenvalue weighted by Crippen LogP contribution is 2.18. The van der Waals surface area contributed by atoms with Crippen LogP contribution < -0.4 is 5.73 Å². The molecule has 0 aliphatic carbocycles. The third kappa shape index (κ3) is 4.43. The molecule has 98 valence electrons. The summed E-state index contributed by atoms with van der Waals surface area (Å²) >= 11 is 1.57. The normalized spacial score (nSPS) is 19.5. The topological polar surface area (TPSA) is 51.4 Å². The summed E-state index contributed by atoms with van der Waals surface area (Å²) in [5.74, 6) is 0. The number of hydrogen-bond acceptors (Lipinski definition) is 5. The zero-order valence-electron chi connectivity index (χ0n) is 10.1. The van der Waals surface area contributed by atoms with Crippen LogP contribution >= 0.6 is 23.7 Å². The second-order valence-corrected chi connectivity index (χ2v) is 5.27. The van der Waals surface area contributed by atoms with Crippen molar-refractivity contribution in [1.82, 2.24) is 9.88 Å². The lowest BCUT2D eigenvalue weighted by atomic mass is 10.2. The molecule has 0 radical (unpaired) electrons. The first-order valence-corrected chi connectivity index (χ1v) is 6.63. The average Bonchev–Trinajstić information content (AvgIpc) is 2.89. The molecule has 2 heterocycles. The lowest BCUT2D eigenvalue weighted by molar-refractivity contribution is 0.0728. The second kappa shape index (κ2) is 7.16. The molecule has 0 bridgehead atoms. The van der Waals surface area contributed by atoms with Gasteiger partial charge in [-0.25, -0.2) is 4.98 Å². The van der Waals surface area contributed by atoms with E-state index >= 15 is 0 Å². The van der Waals surface area contributed by atoms with Crippen molar-refractivity contribution >= 4 is 28.9 Å². The minimum atomic E-state index is 0. The van der Waals surface area contributed by atoms with Crippen LogP contribution in [0.15, 0.2) is 6.20 Å². The summed E-state index contributed by atoms with van der Waals surface area (Å²) < 4.78 is 5.65. The first kappa shape index (κ1) is 14.7. The molecule has 1 atom stereocenters. The Hall–Kier alpha value is -0.360. The van der Waals surface area contributed by atoms with Crippen LogP contribution in [0.1, 0.15) is 24.6 Å². The van der Waals surface area contributed by atoms with Crippen molar-refractivity contribution in [2.45, 2.75) is 32.4 Å². The van der Waals surface area contributed by atoms with Crippen molar-refractivity contribution in [3.05, 3.63) is 11.1 Å². The van der Waals surface area contributed by atoms with Gasteiger partial charge in [-0.2, -0.15) is 0 Å². The van der Waals surface area contributed by atoms with E-state index < -0.39 is 0 Å². The number of nitrogens with two attached hydrogens (primary N) is 1. The maximum absolute atomic E-state index is 5.65. The quantitative estimate of drug-likeness (QED) is 0.896. The van der Waals surface area contributed by atoms with Crippen LogP contribution in [0.3, 0.4) is 0 Å². The summed E-state index contributed by atoms with van der Waals surface area (Å²) in [6, 6.07) is 0. The number of anilines is 1. The van der Waals surface area contributed by atoms with Crippen LogP contribution in [0, 0.1) is 0 Å². The molecule has 1 unspecified atom stereocenters. The van der Waals surface area contributed by atoms with Gasteiger partial charge in [-0.1, -0.05) is 6.92 Å². The van der Waals surface area contributed by atoms with E-state index in [1.807, 2.05) is 6.20 Å². The zero-order chi connectivity index (χ0) is 11.4. The third-order valence-electron chi connectivity index (χ3n) is 2.88. The maximum Gasteiger partial charge on any atom is 0.180 e. The highest BCUT2D eigenvalue weighted by atomic mass is 35.5. The molecule has 6 heteroatoms. The number of thiazole rings is 1. The number of nitrogen functional groups attached to an aromatic ring is 1. The molecular weight excluding hydrogens is 258 g/mol. The monoisotopic (exact) mass is 277 g/mol. The third-order valence-corrected chi connectivity index (χ3v) is 3.70. The van der Waals surface area contributed by atoms with Gasteiger partial charge >= 0.3 is 0 Å². The molecule has 0 aromatic carbocycles. The van der Waals surface area contributed by atoms with Crippen LogP contribution in [0.2, 0.25) is 0 Å². The molecule has 2 rings (SSSR count). The fourth-order valence-corrected chi connectivity index (χ4v) is 2.72. The summed E-state index contributed by atoms with van der Waals surface area (Å²) in [7, 11) is 0. The molecule has 1 aliphatic heterocycles. The van der Waals surface area contributed by atoms with Gasteiger partial charge in [-0.3, -0.25) is 4.90 Å². The maximum atomic E-state index is 5.65. The SMILES string of the molecule is CCN(Cc1cnc(N)s1)CC1CCCO1.Cl. The first-order valence-electron chi connectivity index (χ1n) is 5.82. The summed E-state index contributed by atoms with van der Waals surface area (Å²) in [5, 5.41) is 0.656. The molecule has 2 N–H and O–H groups in total. The lowest BCUT2D eigenvalue weighted by Gasteiger charge is -2.22. The van der Waals surface area contributed by atoms with Gasteiger partial charge in [-0.05, 0) is 19.4 Å². The lowest BCUT2D eigenvalue weighted by Crippen LogP contribution is -2.31. The van der Waals surface area contributed by atoms with Gasteiger partial charge in [0.1, 0.15) is 0 Å². The Bertz CT molecular complexity index is 328. The first-order chi connectivity index (χ1) is 7.78. The van der Waals surface area contributed by atoms with E-state index in [1.54, 1.807) is 11.3 Å². The number of halogens is 1. The number of ether oxygens (including phenoxy) is 1. The van der Waals surface area contributed by atoms with E-state index in [2.05, 4.69) is 16.8 Å². The van der Waals surface area contributed by atoms with Crippen molar-refractivity contribution in [3.63, 3.8) is 0 Å². The van der Waals surface area contributed by atoms with Gasteiger partial charge in [0.05, 0.1) is 6.10 Å². The number of hydrogen-bond donors (Lipinski definition) is 1. The minimum Gasteiger partial charge on any atom is -0.377 e. The summed E-state index contributed by atoms with van der Waals surface area (Å²) in [4.78, 5) is 7.70. The van der Waals surface area contributed by atoms with Crippen LogP contribution in [0.4, 0.5) is 5.13 Å². The number of rotatable bonds is 5. The molecule has 0 spiro atoms. The molecule has 17 heavy (non-hydrogen) atoms. The van der Waals surface area contributed by atoms with Gasteiger partial charge in [0, 0.05) is 30.8 Å². The van der Waals surface area contributed by atoms with Gasteiger partial charge in [0.25, 0.3) is 0 Å². The smallest absolute Gasteiger partial charge is 0.180 e. The van der Waals surface area contributed by atoms with Crippen LogP contribution in [0.5, 0.6) is 0 Å². The Morgan fingerprint density at radius 1 is 1.65 bits per heavy atom. The van der Waals surface area contributed by atoms with Gasteiger partial charge in [0.15, 0.2) is 5.13 Å². The largest absolute Gasteiger partial charge is 0.377 e. The molecular formula is C11H20ClN3OS. The van der Waals surface area contributed by atoms with E-state index in [-0.39, 0.29) is 12.4 Å². The summed E-state index contributed by atoms with van der Waals surface area (Å²) in [6.07, 6.45) is 4.69. The molecule has 0 saturated carbocycles. The van der Waals surface area contributed by atoms with Crippen molar-refractivity contribution < 1.29 is 4.74 Å². The Morgan fingerprint density at radius 3 is 3.00 bits per heavy atom. The Balaban J connectivity index is 0.00000144. The Morgan fingerprint density at radius 2 is 2.47 bits per heavy atom. The Kier molecular flexibility index (Phi) is 6.19. The average molecular weight is 278 g/mol. The van der Waals surface area contributed by atoms with E-state index in [4.69, 9.17) is 10.5 Å². The molecule has 1 aromatic heterocycles. The zero-order valence-corrected chi connectivity index (χ0v) is 11.7. The van der Waals surface area contributed by atoms with E-state index in [0.717, 1.165) is 26.2 Å². The predicted molar refractivity (Wildman–Crippen MR) is 73.7 cm³/mol. The Labute approximate surface area is 113 Å². The predicted octanol–water partition coefficient (Wildman–Crippen LogP) is 2.15. The van der Waals surface area contributed by atoms with Crippen molar-refractivity contribution in [2.24, 2.45) is 0 Å². The number of aromatic nitrogens is 1. The fourth-order valence-electron chi connectivity index (χ4n) is 2.00. The summed E-state index contributed by atoms with van der Waals surface area (Å²) in [5.41, 5.74) is 5.62. The van der Waals surface area contributed by atoms with Crippen LogP contribution in [0.25, 0.3) is 0 Å². The highest BCUT2D eigenvalue weighted by Gasteiger charge is 2.18. The van der Waals surface area contributed by atoms with Crippen molar-refractivity contribution in [2.75, 3.05) is 25.4 Å². The van der Waals surface area contributed by atoms with Crippen molar-refractivity contribution in [3.8, 4) is 0 Å². The highest BCUT2D eigenvalue weighted by molar-refractivity contribution is 7.15. The molecule has 1 saturated heterocycles.